The molecule has 0 aromatic carbocycles. The molecular weight excluding hydrogens is 220 g/mol. The first-order valence-corrected chi connectivity index (χ1v) is 6.09. The lowest BCUT2D eigenvalue weighted by molar-refractivity contribution is 0.102. The van der Waals surface area contributed by atoms with E-state index < -0.39 is 0 Å². The Morgan fingerprint density at radius 2 is 2.19 bits per heavy atom. The first kappa shape index (κ1) is 11.2. The second-order valence-electron chi connectivity index (χ2n) is 4.04. The fourth-order valence-electron chi connectivity index (χ4n) is 1.61. The van der Waals surface area contributed by atoms with Crippen LogP contribution in [0.5, 0.6) is 0 Å². The van der Waals surface area contributed by atoms with Gasteiger partial charge in [-0.2, -0.15) is 0 Å². The Morgan fingerprint density at radius 3 is 2.88 bits per heavy atom. The van der Waals surface area contributed by atoms with E-state index in [-0.39, 0.29) is 5.78 Å². The van der Waals surface area contributed by atoms with E-state index in [9.17, 15) is 4.79 Å². The molecule has 0 atom stereocenters. The maximum Gasteiger partial charge on any atom is 0.194 e. The van der Waals surface area contributed by atoms with Gasteiger partial charge in [0, 0.05) is 37.3 Å². The molecule has 4 heteroatoms. The number of aryl methyl sites for hydroxylation is 1. The van der Waals surface area contributed by atoms with Crippen LogP contribution in [0.1, 0.15) is 16.1 Å². The van der Waals surface area contributed by atoms with Crippen molar-refractivity contribution in [1.82, 2.24) is 9.88 Å². The van der Waals surface area contributed by atoms with Crippen LogP contribution in [0.15, 0.2) is 28.9 Å². The van der Waals surface area contributed by atoms with Crippen LogP contribution < -0.4 is 0 Å². The van der Waals surface area contributed by atoms with E-state index in [1.807, 2.05) is 44.3 Å². The number of fused-ring (bicyclic) bond motifs is 1. The summed E-state index contributed by atoms with van der Waals surface area (Å²) in [5, 5.41) is 0.862. The Balaban J connectivity index is 2.40. The minimum atomic E-state index is 0.106. The molecule has 1 aliphatic heterocycles. The molecule has 3 nitrogen and oxygen atoms in total. The molecule has 0 unspecified atom stereocenters. The lowest BCUT2D eigenvalue weighted by Gasteiger charge is -2.18. The molecule has 0 spiro atoms. The summed E-state index contributed by atoms with van der Waals surface area (Å²) in [6.07, 6.45) is 1.89. The van der Waals surface area contributed by atoms with Gasteiger partial charge in [0.1, 0.15) is 5.03 Å². The molecule has 0 aliphatic carbocycles. The van der Waals surface area contributed by atoms with Crippen LogP contribution in [-0.4, -0.2) is 35.5 Å². The Labute approximate surface area is 99.6 Å². The summed E-state index contributed by atoms with van der Waals surface area (Å²) in [7, 11) is 3.85. The van der Waals surface area contributed by atoms with Crippen LogP contribution in [0, 0.1) is 6.92 Å². The van der Waals surface area contributed by atoms with Gasteiger partial charge < -0.3 is 4.90 Å². The van der Waals surface area contributed by atoms with Gasteiger partial charge in [-0.1, -0.05) is 0 Å². The van der Waals surface area contributed by atoms with Crippen molar-refractivity contribution in [3.05, 3.63) is 35.2 Å². The second kappa shape index (κ2) is 4.29. The normalized spacial score (nSPS) is 17.4. The molecule has 1 aromatic heterocycles. The summed E-state index contributed by atoms with van der Waals surface area (Å²) in [6.45, 7) is 1.94. The van der Waals surface area contributed by atoms with Crippen molar-refractivity contribution in [3.8, 4) is 0 Å². The van der Waals surface area contributed by atoms with Crippen molar-refractivity contribution in [1.29, 1.82) is 0 Å². The van der Waals surface area contributed by atoms with Crippen LogP contribution in [0.3, 0.4) is 0 Å². The summed E-state index contributed by atoms with van der Waals surface area (Å²) in [6, 6.07) is 3.76. The lowest BCUT2D eigenvalue weighted by Crippen LogP contribution is -2.16. The van der Waals surface area contributed by atoms with Gasteiger partial charge in [0.2, 0.25) is 0 Å². The first-order valence-electron chi connectivity index (χ1n) is 5.10. The summed E-state index contributed by atoms with van der Waals surface area (Å²) in [5.74, 6) is 0.815. The Morgan fingerprint density at radius 1 is 1.44 bits per heavy atom. The Hall–Kier alpha value is -1.29. The standard InChI is InChI=1S/C12H14N2OS/c1-8-4-5-10-11(15)9(6-14(2)3)7-16-12(10)13-8/h4-6H,7H2,1-3H3/b9-6-. The van der Waals surface area contributed by atoms with Gasteiger partial charge in [-0.15, -0.1) is 11.8 Å². The van der Waals surface area contributed by atoms with Crippen LogP contribution in [0.25, 0.3) is 0 Å². The Kier molecular flexibility index (Phi) is 3.01. The zero-order chi connectivity index (χ0) is 11.7. The number of hydrogen-bond acceptors (Lipinski definition) is 4. The third-order valence-corrected chi connectivity index (χ3v) is 3.35. The number of carbonyl (C=O) groups is 1. The highest BCUT2D eigenvalue weighted by molar-refractivity contribution is 7.99. The number of aromatic nitrogens is 1. The third-order valence-electron chi connectivity index (χ3n) is 2.31. The SMILES string of the molecule is Cc1ccc2c(n1)SC/C(=C/N(C)C)C2=O. The maximum atomic E-state index is 12.1. The molecular formula is C12H14N2OS. The molecule has 1 aliphatic rings. The van der Waals surface area contributed by atoms with Crippen LogP contribution in [-0.2, 0) is 0 Å². The fraction of sp³-hybridized carbons (Fsp3) is 0.333. The van der Waals surface area contributed by atoms with E-state index in [0.29, 0.717) is 5.75 Å². The van der Waals surface area contributed by atoms with E-state index in [1.165, 1.54) is 0 Å². The lowest BCUT2D eigenvalue weighted by atomic mass is 10.1. The predicted molar refractivity (Wildman–Crippen MR) is 65.8 cm³/mol. The molecule has 1 aromatic rings. The van der Waals surface area contributed by atoms with Crippen molar-refractivity contribution < 1.29 is 4.79 Å². The quantitative estimate of drug-likeness (QED) is 0.697. The van der Waals surface area contributed by atoms with Gasteiger partial charge in [-0.05, 0) is 19.1 Å². The number of hydrogen-bond donors (Lipinski definition) is 0. The molecule has 0 amide bonds. The van der Waals surface area contributed by atoms with Crippen LogP contribution in [0.2, 0.25) is 0 Å². The van der Waals surface area contributed by atoms with Crippen molar-refractivity contribution in [2.24, 2.45) is 0 Å². The zero-order valence-electron chi connectivity index (χ0n) is 9.65. The molecule has 0 bridgehead atoms. The molecule has 0 saturated carbocycles. The van der Waals surface area contributed by atoms with Gasteiger partial charge in [0.05, 0.1) is 5.56 Å². The average molecular weight is 234 g/mol. The van der Waals surface area contributed by atoms with E-state index >= 15 is 0 Å². The third kappa shape index (κ3) is 2.11. The maximum absolute atomic E-state index is 12.1. The number of nitrogens with zero attached hydrogens (tertiary/aromatic N) is 2. The minimum absolute atomic E-state index is 0.106. The van der Waals surface area contributed by atoms with Crippen molar-refractivity contribution in [2.45, 2.75) is 11.9 Å². The number of ketones is 1. The highest BCUT2D eigenvalue weighted by Gasteiger charge is 2.23. The van der Waals surface area contributed by atoms with E-state index in [4.69, 9.17) is 0 Å². The molecule has 2 rings (SSSR count). The van der Waals surface area contributed by atoms with Gasteiger partial charge in [0.15, 0.2) is 5.78 Å². The van der Waals surface area contributed by atoms with Crippen molar-refractivity contribution in [3.63, 3.8) is 0 Å². The van der Waals surface area contributed by atoms with Gasteiger partial charge in [-0.25, -0.2) is 4.98 Å². The van der Waals surface area contributed by atoms with E-state index in [2.05, 4.69) is 4.98 Å². The molecule has 0 radical (unpaired) electrons. The largest absolute Gasteiger partial charge is 0.383 e. The summed E-state index contributed by atoms with van der Waals surface area (Å²) < 4.78 is 0. The van der Waals surface area contributed by atoms with Crippen LogP contribution in [0.4, 0.5) is 0 Å². The monoisotopic (exact) mass is 234 g/mol. The topological polar surface area (TPSA) is 33.2 Å². The highest BCUT2D eigenvalue weighted by atomic mass is 32.2. The van der Waals surface area contributed by atoms with Gasteiger partial charge in [0.25, 0.3) is 0 Å². The first-order chi connectivity index (χ1) is 7.58. The predicted octanol–water partition coefficient (Wildman–Crippen LogP) is 2.12. The van der Waals surface area contributed by atoms with E-state index in [0.717, 1.165) is 21.9 Å². The molecule has 0 fully saturated rings. The van der Waals surface area contributed by atoms with Crippen molar-refractivity contribution >= 4 is 17.5 Å². The molecule has 84 valence electrons. The molecule has 0 N–H and O–H groups in total. The van der Waals surface area contributed by atoms with Crippen molar-refractivity contribution in [2.75, 3.05) is 19.8 Å². The smallest absolute Gasteiger partial charge is 0.194 e. The number of carbonyl (C=O) groups excluding carboxylic acids is 1. The van der Waals surface area contributed by atoms with E-state index in [1.54, 1.807) is 11.8 Å². The van der Waals surface area contributed by atoms with Crippen LogP contribution >= 0.6 is 11.8 Å². The molecule has 16 heavy (non-hydrogen) atoms. The number of rotatable bonds is 1. The zero-order valence-corrected chi connectivity index (χ0v) is 10.5. The summed E-state index contributed by atoms with van der Waals surface area (Å²) >= 11 is 1.63. The van der Waals surface area contributed by atoms with Gasteiger partial charge in [-0.3, -0.25) is 4.79 Å². The summed E-state index contributed by atoms with van der Waals surface area (Å²) in [4.78, 5) is 18.4. The number of Topliss-reactive ketones (excluding diaryl/α,β-unsaturated/α-hetero) is 1. The Bertz CT molecular complexity index is 466. The highest BCUT2D eigenvalue weighted by Crippen LogP contribution is 2.31. The average Bonchev–Trinajstić information content (AvgIpc) is 2.22. The molecule has 0 saturated heterocycles. The minimum Gasteiger partial charge on any atom is -0.383 e. The number of thioether (sulfide) groups is 1. The molecule has 2 heterocycles. The fourth-order valence-corrected chi connectivity index (χ4v) is 2.63. The number of pyridine rings is 1. The second-order valence-corrected chi connectivity index (χ2v) is 5.01. The summed E-state index contributed by atoms with van der Waals surface area (Å²) in [5.41, 5.74) is 2.53. The van der Waals surface area contributed by atoms with Gasteiger partial charge >= 0.3 is 0 Å².